The number of aliphatic hydroxyl groups excluding tert-OH is 1. The smallest absolute Gasteiger partial charge is 0.127 e. The Morgan fingerprint density at radius 2 is 2.05 bits per heavy atom. The average Bonchev–Trinajstić information content (AvgIpc) is 2.42. The molecule has 3 rings (SSSR count). The fourth-order valence-corrected chi connectivity index (χ4v) is 2.83. The van der Waals surface area contributed by atoms with Gasteiger partial charge in [-0.25, -0.2) is 4.39 Å². The number of fused-ring (bicyclic) bond motifs is 1. The van der Waals surface area contributed by atoms with Gasteiger partial charge in [0.25, 0.3) is 0 Å². The lowest BCUT2D eigenvalue weighted by Crippen LogP contribution is -2.19. The molecule has 0 bridgehead atoms. The number of aryl methyl sites for hydroxylation is 1. The van der Waals surface area contributed by atoms with Gasteiger partial charge in [-0.1, -0.05) is 28.1 Å². The third-order valence-electron chi connectivity index (χ3n) is 3.61. The minimum absolute atomic E-state index is 0.222. The molecule has 1 N–H and O–H groups in total. The Bertz CT molecular complexity index is 657. The van der Waals surface area contributed by atoms with E-state index in [1.165, 1.54) is 12.1 Å². The van der Waals surface area contributed by atoms with Crippen LogP contribution in [0.5, 0.6) is 5.75 Å². The van der Waals surface area contributed by atoms with Crippen molar-refractivity contribution in [2.24, 2.45) is 0 Å². The highest BCUT2D eigenvalue weighted by Gasteiger charge is 2.28. The van der Waals surface area contributed by atoms with Crippen LogP contribution in [0.25, 0.3) is 0 Å². The van der Waals surface area contributed by atoms with E-state index in [2.05, 4.69) is 15.9 Å². The van der Waals surface area contributed by atoms with Gasteiger partial charge in [0.05, 0.1) is 6.10 Å². The number of ether oxygens (including phenoxy) is 1. The second kappa shape index (κ2) is 5.19. The van der Waals surface area contributed by atoms with Crippen LogP contribution in [0.1, 0.15) is 35.3 Å². The largest absolute Gasteiger partial charge is 0.485 e. The van der Waals surface area contributed by atoms with Crippen LogP contribution in [0.4, 0.5) is 4.39 Å². The van der Waals surface area contributed by atoms with E-state index in [1.54, 1.807) is 6.07 Å². The van der Waals surface area contributed by atoms with Crippen LogP contribution in [0.15, 0.2) is 40.9 Å². The molecule has 104 valence electrons. The van der Waals surface area contributed by atoms with E-state index in [9.17, 15) is 9.50 Å². The van der Waals surface area contributed by atoms with Crippen LogP contribution in [0, 0.1) is 12.7 Å². The monoisotopic (exact) mass is 336 g/mol. The Morgan fingerprint density at radius 1 is 1.25 bits per heavy atom. The normalized spacial score (nSPS) is 21.2. The van der Waals surface area contributed by atoms with E-state index in [1.807, 2.05) is 25.1 Å². The van der Waals surface area contributed by atoms with E-state index in [0.29, 0.717) is 17.7 Å². The molecule has 20 heavy (non-hydrogen) atoms. The first-order valence-corrected chi connectivity index (χ1v) is 7.24. The Balaban J connectivity index is 1.94. The highest BCUT2D eigenvalue weighted by molar-refractivity contribution is 9.10. The summed E-state index contributed by atoms with van der Waals surface area (Å²) in [7, 11) is 0. The third kappa shape index (κ3) is 2.45. The van der Waals surface area contributed by atoms with Gasteiger partial charge in [-0.2, -0.15) is 0 Å². The standard InChI is InChI=1S/C16H14BrFO2/c1-9-2-3-10(6-13(9)17)16-8-14(19)12-7-11(18)4-5-15(12)20-16/h2-7,14,16,19H,8H2,1H3/t14-,16?/m0/s1. The van der Waals surface area contributed by atoms with Gasteiger partial charge in [0.15, 0.2) is 0 Å². The maximum Gasteiger partial charge on any atom is 0.127 e. The molecule has 0 saturated heterocycles. The van der Waals surface area contributed by atoms with Crippen LogP contribution >= 0.6 is 15.9 Å². The van der Waals surface area contributed by atoms with Gasteiger partial charge in [-0.15, -0.1) is 0 Å². The van der Waals surface area contributed by atoms with Gasteiger partial charge in [0.2, 0.25) is 0 Å². The van der Waals surface area contributed by atoms with Crippen molar-refractivity contribution >= 4 is 15.9 Å². The minimum atomic E-state index is -0.709. The molecule has 1 aliphatic rings. The van der Waals surface area contributed by atoms with E-state index in [0.717, 1.165) is 15.6 Å². The predicted octanol–water partition coefficient (Wildman–Crippen LogP) is 4.45. The summed E-state index contributed by atoms with van der Waals surface area (Å²) >= 11 is 3.50. The van der Waals surface area contributed by atoms with Crippen LogP contribution in [0.2, 0.25) is 0 Å². The predicted molar refractivity (Wildman–Crippen MR) is 78.2 cm³/mol. The molecule has 0 fully saturated rings. The van der Waals surface area contributed by atoms with Crippen molar-refractivity contribution in [2.45, 2.75) is 25.6 Å². The van der Waals surface area contributed by atoms with Gasteiger partial charge in [0, 0.05) is 16.5 Å². The first kappa shape index (κ1) is 13.6. The Morgan fingerprint density at radius 3 is 2.80 bits per heavy atom. The maximum absolute atomic E-state index is 13.2. The van der Waals surface area contributed by atoms with E-state index >= 15 is 0 Å². The zero-order valence-corrected chi connectivity index (χ0v) is 12.5. The molecule has 2 aromatic rings. The molecule has 4 heteroatoms. The van der Waals surface area contributed by atoms with Crippen LogP contribution < -0.4 is 4.74 Å². The zero-order valence-electron chi connectivity index (χ0n) is 10.9. The Kier molecular flexibility index (Phi) is 3.52. The van der Waals surface area contributed by atoms with E-state index in [4.69, 9.17) is 4.74 Å². The summed E-state index contributed by atoms with van der Waals surface area (Å²) in [4.78, 5) is 0. The van der Waals surface area contributed by atoms with Gasteiger partial charge in [-0.05, 0) is 42.3 Å². The molecule has 0 spiro atoms. The molecule has 2 atom stereocenters. The zero-order chi connectivity index (χ0) is 14.3. The van der Waals surface area contributed by atoms with Crippen molar-refractivity contribution in [1.82, 2.24) is 0 Å². The molecule has 2 nitrogen and oxygen atoms in total. The summed E-state index contributed by atoms with van der Waals surface area (Å²) in [6, 6.07) is 10.3. The van der Waals surface area contributed by atoms with Crippen LogP contribution in [0.3, 0.4) is 0 Å². The molecule has 0 aromatic heterocycles. The molecular weight excluding hydrogens is 323 g/mol. The molecule has 0 amide bonds. The lowest BCUT2D eigenvalue weighted by Gasteiger charge is -2.30. The third-order valence-corrected chi connectivity index (χ3v) is 4.46. The van der Waals surface area contributed by atoms with Crippen molar-refractivity contribution < 1.29 is 14.2 Å². The van der Waals surface area contributed by atoms with Gasteiger partial charge in [-0.3, -0.25) is 0 Å². The number of benzene rings is 2. The average molecular weight is 337 g/mol. The van der Waals surface area contributed by atoms with Gasteiger partial charge < -0.3 is 9.84 Å². The molecular formula is C16H14BrFO2. The summed E-state index contributed by atoms with van der Waals surface area (Å²) in [5.41, 5.74) is 2.66. The second-order valence-electron chi connectivity index (χ2n) is 5.05. The minimum Gasteiger partial charge on any atom is -0.485 e. The van der Waals surface area contributed by atoms with Crippen LogP contribution in [-0.2, 0) is 0 Å². The molecule has 0 saturated carbocycles. The highest BCUT2D eigenvalue weighted by atomic mass is 79.9. The summed E-state index contributed by atoms with van der Waals surface area (Å²) in [6.07, 6.45) is -0.509. The SMILES string of the molecule is Cc1ccc(C2C[C@H](O)c3cc(F)ccc3O2)cc1Br. The fraction of sp³-hybridized carbons (Fsp3) is 0.250. The molecule has 0 aliphatic carbocycles. The van der Waals surface area contributed by atoms with Gasteiger partial charge >= 0.3 is 0 Å². The molecule has 1 aliphatic heterocycles. The topological polar surface area (TPSA) is 29.5 Å². The molecule has 1 unspecified atom stereocenters. The number of rotatable bonds is 1. The van der Waals surface area contributed by atoms with Gasteiger partial charge in [0.1, 0.15) is 17.7 Å². The summed E-state index contributed by atoms with van der Waals surface area (Å²) in [5, 5.41) is 10.2. The fourth-order valence-electron chi connectivity index (χ4n) is 2.43. The lowest BCUT2D eigenvalue weighted by atomic mass is 9.94. The summed E-state index contributed by atoms with van der Waals surface area (Å²) < 4.78 is 20.1. The van der Waals surface area contributed by atoms with E-state index in [-0.39, 0.29) is 11.9 Å². The molecule has 2 aromatic carbocycles. The maximum atomic E-state index is 13.2. The summed E-state index contributed by atoms with van der Waals surface area (Å²) in [6.45, 7) is 2.02. The Labute approximate surface area is 125 Å². The summed E-state index contributed by atoms with van der Waals surface area (Å²) in [5.74, 6) is 0.190. The lowest BCUT2D eigenvalue weighted by molar-refractivity contribution is 0.0653. The number of aliphatic hydroxyl groups is 1. The number of hydrogen-bond donors (Lipinski definition) is 1. The van der Waals surface area contributed by atoms with Crippen molar-refractivity contribution in [1.29, 1.82) is 0 Å². The Hall–Kier alpha value is -1.39. The molecule has 0 radical (unpaired) electrons. The molecule has 1 heterocycles. The van der Waals surface area contributed by atoms with Crippen molar-refractivity contribution in [2.75, 3.05) is 0 Å². The van der Waals surface area contributed by atoms with Crippen LogP contribution in [-0.4, -0.2) is 5.11 Å². The first-order chi connectivity index (χ1) is 9.54. The number of hydrogen-bond acceptors (Lipinski definition) is 2. The second-order valence-corrected chi connectivity index (χ2v) is 5.90. The van der Waals surface area contributed by atoms with Crippen molar-refractivity contribution in [3.8, 4) is 5.75 Å². The van der Waals surface area contributed by atoms with Crippen molar-refractivity contribution in [3.05, 3.63) is 63.4 Å². The van der Waals surface area contributed by atoms with E-state index < -0.39 is 6.10 Å². The number of halogens is 2. The first-order valence-electron chi connectivity index (χ1n) is 6.45. The van der Waals surface area contributed by atoms with Crippen molar-refractivity contribution in [3.63, 3.8) is 0 Å². The highest BCUT2D eigenvalue weighted by Crippen LogP contribution is 2.41. The quantitative estimate of drug-likeness (QED) is 0.833.